The number of ether oxygens (including phenoxy) is 2. The molecule has 5 atom stereocenters. The molecule has 1 aliphatic rings. The number of benzene rings is 1. The summed E-state index contributed by atoms with van der Waals surface area (Å²) in [6, 6.07) is 9.10. The molecule has 0 amide bonds. The molecule has 2 unspecified atom stereocenters. The summed E-state index contributed by atoms with van der Waals surface area (Å²) in [4.78, 5) is 2.83. The lowest BCUT2D eigenvalue weighted by atomic mass is 9.96. The van der Waals surface area contributed by atoms with Gasteiger partial charge in [-0.2, -0.15) is 0 Å². The van der Waals surface area contributed by atoms with E-state index in [4.69, 9.17) is 15.0 Å². The lowest BCUT2D eigenvalue weighted by Crippen LogP contribution is -2.56. The maximum atomic E-state index is 10.6. The second-order valence-corrected chi connectivity index (χ2v) is 6.07. The summed E-state index contributed by atoms with van der Waals surface area (Å²) in [6.45, 7) is 2.37. The molecule has 2 rings (SSSR count). The molecule has 1 aliphatic heterocycles. The molecule has 0 radical (unpaired) electrons. The van der Waals surface area contributed by atoms with E-state index in [1.807, 2.05) is 43.5 Å². The van der Waals surface area contributed by atoms with Crippen LogP contribution in [0, 0.1) is 0 Å². The van der Waals surface area contributed by atoms with Crippen molar-refractivity contribution < 1.29 is 14.6 Å². The number of azide groups is 1. The maximum absolute atomic E-state index is 10.6. The summed E-state index contributed by atoms with van der Waals surface area (Å²) in [7, 11) is 0. The van der Waals surface area contributed by atoms with E-state index in [1.54, 1.807) is 0 Å². The Morgan fingerprint density at radius 2 is 2.14 bits per heavy atom. The van der Waals surface area contributed by atoms with Crippen LogP contribution in [-0.2, 0) is 16.1 Å². The van der Waals surface area contributed by atoms with Crippen LogP contribution in [-0.4, -0.2) is 41.2 Å². The van der Waals surface area contributed by atoms with E-state index in [2.05, 4.69) is 10.0 Å². The first-order chi connectivity index (χ1) is 10.7. The van der Waals surface area contributed by atoms with Crippen LogP contribution < -0.4 is 0 Å². The molecule has 120 valence electrons. The van der Waals surface area contributed by atoms with Crippen molar-refractivity contribution in [1.82, 2.24) is 0 Å². The van der Waals surface area contributed by atoms with Crippen LogP contribution in [0.5, 0.6) is 0 Å². The molecule has 1 N–H and O–H groups in total. The molecule has 7 heteroatoms. The van der Waals surface area contributed by atoms with E-state index in [0.717, 1.165) is 12.0 Å². The topological polar surface area (TPSA) is 87.5 Å². The zero-order valence-electron chi connectivity index (χ0n) is 12.7. The van der Waals surface area contributed by atoms with Crippen molar-refractivity contribution >= 4 is 11.8 Å². The summed E-state index contributed by atoms with van der Waals surface area (Å²) < 4.78 is 11.8. The Bertz CT molecular complexity index is 510. The zero-order valence-corrected chi connectivity index (χ0v) is 13.5. The van der Waals surface area contributed by atoms with E-state index in [0.29, 0.717) is 6.61 Å². The van der Waals surface area contributed by atoms with Gasteiger partial charge in [0.2, 0.25) is 0 Å². The van der Waals surface area contributed by atoms with Crippen molar-refractivity contribution in [3.05, 3.63) is 46.3 Å². The molecule has 1 saturated heterocycles. The fourth-order valence-corrected chi connectivity index (χ4v) is 3.33. The fourth-order valence-electron chi connectivity index (χ4n) is 2.58. The van der Waals surface area contributed by atoms with E-state index < -0.39 is 18.2 Å². The fraction of sp³-hybridized carbons (Fsp3) is 0.600. The van der Waals surface area contributed by atoms with Gasteiger partial charge in [-0.05, 0) is 23.8 Å². The van der Waals surface area contributed by atoms with Crippen LogP contribution in [0.2, 0.25) is 0 Å². The molecule has 1 aromatic carbocycles. The average Bonchev–Trinajstić information content (AvgIpc) is 2.56. The van der Waals surface area contributed by atoms with Crippen LogP contribution in [0.4, 0.5) is 0 Å². The van der Waals surface area contributed by atoms with Crippen LogP contribution in [0.25, 0.3) is 10.4 Å². The van der Waals surface area contributed by atoms with Gasteiger partial charge in [0.05, 0.1) is 18.8 Å². The predicted octanol–water partition coefficient (Wildman–Crippen LogP) is 3.11. The first-order valence-electron chi connectivity index (χ1n) is 7.27. The highest BCUT2D eigenvalue weighted by Gasteiger charge is 2.44. The quantitative estimate of drug-likeness (QED) is 0.495. The number of hydrogen-bond acceptors (Lipinski definition) is 5. The highest BCUT2D eigenvalue weighted by molar-refractivity contribution is 7.99. The van der Waals surface area contributed by atoms with Gasteiger partial charge >= 0.3 is 0 Å². The number of rotatable bonds is 6. The highest BCUT2D eigenvalue weighted by Crippen LogP contribution is 2.32. The summed E-state index contributed by atoms with van der Waals surface area (Å²) in [5.74, 6) is 0. The normalized spacial score (nSPS) is 31.5. The van der Waals surface area contributed by atoms with Gasteiger partial charge in [-0.1, -0.05) is 42.4 Å². The molecule has 1 heterocycles. The Kier molecular flexibility index (Phi) is 6.54. The average molecular weight is 323 g/mol. The van der Waals surface area contributed by atoms with Gasteiger partial charge in [0.1, 0.15) is 17.6 Å². The lowest BCUT2D eigenvalue weighted by Gasteiger charge is -2.42. The molecule has 22 heavy (non-hydrogen) atoms. The third-order valence-electron chi connectivity index (χ3n) is 3.75. The standard InChI is InChI=1S/C15H21N3O3S/c1-3-11-14(20-9-10-7-5-4-6-8-10)13(19)12(17-18-16)15(21-11)22-2/h4-8,11-15,19H,3,9H2,1-2H3/t11?,12-,13-,14+,15?/m1/s1. The lowest BCUT2D eigenvalue weighted by molar-refractivity contribution is -0.180. The number of aliphatic hydroxyl groups excluding tert-OH is 1. The van der Waals surface area contributed by atoms with E-state index in [-0.39, 0.29) is 11.5 Å². The van der Waals surface area contributed by atoms with Crippen LogP contribution in [0.15, 0.2) is 35.4 Å². The second-order valence-electron chi connectivity index (χ2n) is 5.13. The zero-order chi connectivity index (χ0) is 15.9. The van der Waals surface area contributed by atoms with Gasteiger partial charge in [0.15, 0.2) is 0 Å². The second kappa shape index (κ2) is 8.41. The minimum atomic E-state index is -0.879. The van der Waals surface area contributed by atoms with Gasteiger partial charge in [-0.25, -0.2) is 0 Å². The van der Waals surface area contributed by atoms with Crippen LogP contribution in [0.1, 0.15) is 18.9 Å². The van der Waals surface area contributed by atoms with Crippen molar-refractivity contribution in [2.24, 2.45) is 5.11 Å². The number of aliphatic hydroxyl groups is 1. The minimum absolute atomic E-state index is 0.221. The Hall–Kier alpha value is -1.24. The molecule has 1 fully saturated rings. The smallest absolute Gasteiger partial charge is 0.114 e. The summed E-state index contributed by atoms with van der Waals surface area (Å²) >= 11 is 1.43. The largest absolute Gasteiger partial charge is 0.390 e. The first-order valence-corrected chi connectivity index (χ1v) is 8.56. The van der Waals surface area contributed by atoms with Crippen LogP contribution in [0.3, 0.4) is 0 Å². The van der Waals surface area contributed by atoms with Gasteiger partial charge < -0.3 is 14.6 Å². The van der Waals surface area contributed by atoms with Gasteiger partial charge in [-0.15, -0.1) is 11.8 Å². The molecule has 1 aromatic rings. The highest BCUT2D eigenvalue weighted by atomic mass is 32.2. The van der Waals surface area contributed by atoms with E-state index in [1.165, 1.54) is 11.8 Å². The molecule has 0 aliphatic carbocycles. The summed E-state index contributed by atoms with van der Waals surface area (Å²) in [6.07, 6.45) is 0.979. The summed E-state index contributed by atoms with van der Waals surface area (Å²) in [5, 5.41) is 14.3. The molecule has 6 nitrogen and oxygen atoms in total. The third kappa shape index (κ3) is 3.94. The molecule has 0 bridgehead atoms. The Morgan fingerprint density at radius 3 is 2.73 bits per heavy atom. The van der Waals surface area contributed by atoms with Crippen molar-refractivity contribution in [3.63, 3.8) is 0 Å². The Morgan fingerprint density at radius 1 is 1.41 bits per heavy atom. The molecule has 0 spiro atoms. The predicted molar refractivity (Wildman–Crippen MR) is 86.4 cm³/mol. The first kappa shape index (κ1) is 17.1. The van der Waals surface area contributed by atoms with Crippen molar-refractivity contribution in [2.45, 2.75) is 49.7 Å². The number of thioether (sulfide) groups is 1. The van der Waals surface area contributed by atoms with Crippen molar-refractivity contribution in [1.29, 1.82) is 0 Å². The van der Waals surface area contributed by atoms with Crippen LogP contribution >= 0.6 is 11.8 Å². The van der Waals surface area contributed by atoms with Gasteiger partial charge in [0.25, 0.3) is 0 Å². The van der Waals surface area contributed by atoms with Gasteiger partial charge in [0, 0.05) is 4.91 Å². The minimum Gasteiger partial charge on any atom is -0.390 e. The molecule has 0 saturated carbocycles. The maximum Gasteiger partial charge on any atom is 0.114 e. The molecular formula is C15H21N3O3S. The number of hydrogen-bond donors (Lipinski definition) is 1. The van der Waals surface area contributed by atoms with Gasteiger partial charge in [-0.3, -0.25) is 0 Å². The van der Waals surface area contributed by atoms with E-state index in [9.17, 15) is 5.11 Å². The SMILES string of the molecule is CCC1OC(SC)[C@H](N=[N+]=[N-])[C@@H](O)[C@H]1OCc1ccccc1. The van der Waals surface area contributed by atoms with E-state index >= 15 is 0 Å². The molecule has 0 aromatic heterocycles. The monoisotopic (exact) mass is 323 g/mol. The van der Waals surface area contributed by atoms with Crippen molar-refractivity contribution in [3.8, 4) is 0 Å². The Balaban J connectivity index is 2.10. The summed E-state index contributed by atoms with van der Waals surface area (Å²) in [5.41, 5.74) is 9.38. The molecular weight excluding hydrogens is 302 g/mol. The third-order valence-corrected chi connectivity index (χ3v) is 4.60. The number of nitrogens with zero attached hydrogens (tertiary/aromatic N) is 3. The Labute approximate surface area is 134 Å². The van der Waals surface area contributed by atoms with Crippen molar-refractivity contribution in [2.75, 3.05) is 6.26 Å².